The number of rotatable bonds is 6. The second kappa shape index (κ2) is 9.99. The van der Waals surface area contributed by atoms with E-state index in [0.29, 0.717) is 23.1 Å². The lowest BCUT2D eigenvalue weighted by molar-refractivity contribution is -0.384. The molecule has 0 spiro atoms. The van der Waals surface area contributed by atoms with Crippen LogP contribution in [0, 0.1) is 16.0 Å². The van der Waals surface area contributed by atoms with E-state index in [1.54, 1.807) is 12.1 Å². The highest BCUT2D eigenvalue weighted by Crippen LogP contribution is 2.32. The molecule has 1 saturated heterocycles. The standard InChI is InChI=1S/C22H26N4O6/c1-14-6-8-25(9-7-14)19-5-4-15(12-20(19)26(29)30)21(27)23-24-22(28)16-10-17(31-2)13-18(11-16)32-3/h4-5,10-14H,6-9H2,1-3H3,(H,23,27)(H,24,28). The van der Waals surface area contributed by atoms with Crippen molar-refractivity contribution in [2.24, 2.45) is 5.92 Å². The smallest absolute Gasteiger partial charge is 0.293 e. The normalized spacial score (nSPS) is 13.9. The molecule has 2 amide bonds. The van der Waals surface area contributed by atoms with Gasteiger partial charge in [0.05, 0.1) is 19.1 Å². The SMILES string of the molecule is COc1cc(OC)cc(C(=O)NNC(=O)c2ccc(N3CCC(C)CC3)c([N+](=O)[O-])c2)c1. The zero-order chi connectivity index (χ0) is 23.3. The minimum Gasteiger partial charge on any atom is -0.497 e. The zero-order valence-electron chi connectivity index (χ0n) is 18.2. The lowest BCUT2D eigenvalue weighted by Crippen LogP contribution is -2.41. The van der Waals surface area contributed by atoms with Gasteiger partial charge < -0.3 is 14.4 Å². The van der Waals surface area contributed by atoms with Crippen molar-refractivity contribution in [2.45, 2.75) is 19.8 Å². The monoisotopic (exact) mass is 442 g/mol. The Labute approximate surface area is 185 Å². The van der Waals surface area contributed by atoms with E-state index < -0.39 is 16.7 Å². The Kier molecular flexibility index (Phi) is 7.14. The molecule has 1 heterocycles. The summed E-state index contributed by atoms with van der Waals surface area (Å²) in [5.41, 5.74) is 5.21. The average molecular weight is 442 g/mol. The van der Waals surface area contributed by atoms with Crippen molar-refractivity contribution < 1.29 is 24.0 Å². The highest BCUT2D eigenvalue weighted by atomic mass is 16.6. The van der Waals surface area contributed by atoms with Gasteiger partial charge in [-0.15, -0.1) is 0 Å². The largest absolute Gasteiger partial charge is 0.497 e. The fourth-order valence-electron chi connectivity index (χ4n) is 3.52. The van der Waals surface area contributed by atoms with Gasteiger partial charge in [0.15, 0.2) is 0 Å². The lowest BCUT2D eigenvalue weighted by atomic mass is 9.98. The van der Waals surface area contributed by atoms with Crippen LogP contribution in [0.15, 0.2) is 36.4 Å². The Morgan fingerprint density at radius 1 is 0.969 bits per heavy atom. The molecular weight excluding hydrogens is 416 g/mol. The first-order valence-electron chi connectivity index (χ1n) is 10.2. The molecule has 0 unspecified atom stereocenters. The van der Waals surface area contributed by atoms with Crippen molar-refractivity contribution in [1.29, 1.82) is 0 Å². The van der Waals surface area contributed by atoms with Gasteiger partial charge >= 0.3 is 0 Å². The van der Waals surface area contributed by atoms with E-state index >= 15 is 0 Å². The third kappa shape index (κ3) is 5.26. The van der Waals surface area contributed by atoms with Crippen molar-refractivity contribution in [3.63, 3.8) is 0 Å². The van der Waals surface area contributed by atoms with Crippen molar-refractivity contribution >= 4 is 23.2 Å². The van der Waals surface area contributed by atoms with E-state index in [0.717, 1.165) is 25.9 Å². The molecular formula is C22H26N4O6. The molecule has 1 fully saturated rings. The summed E-state index contributed by atoms with van der Waals surface area (Å²) in [5, 5.41) is 11.6. The maximum atomic E-state index is 12.5. The van der Waals surface area contributed by atoms with E-state index in [1.165, 1.54) is 38.5 Å². The predicted octanol–water partition coefficient (Wildman–Crippen LogP) is 2.92. The summed E-state index contributed by atoms with van der Waals surface area (Å²) in [7, 11) is 2.92. The number of benzene rings is 2. The molecule has 0 aromatic heterocycles. The van der Waals surface area contributed by atoms with Crippen LogP contribution in [-0.2, 0) is 0 Å². The number of ether oxygens (including phenoxy) is 2. The average Bonchev–Trinajstić information content (AvgIpc) is 2.81. The number of nitro benzene ring substituents is 1. The number of hydrogen-bond acceptors (Lipinski definition) is 7. The summed E-state index contributed by atoms with van der Waals surface area (Å²) >= 11 is 0. The number of nitro groups is 1. The molecule has 3 rings (SSSR count). The maximum Gasteiger partial charge on any atom is 0.293 e. The first-order chi connectivity index (χ1) is 15.3. The predicted molar refractivity (Wildman–Crippen MR) is 118 cm³/mol. The Bertz CT molecular complexity index is 995. The second-order valence-electron chi connectivity index (χ2n) is 7.64. The fourth-order valence-corrected chi connectivity index (χ4v) is 3.52. The summed E-state index contributed by atoms with van der Waals surface area (Å²) in [4.78, 5) is 38.1. The van der Waals surface area contributed by atoms with Gasteiger partial charge in [-0.05, 0) is 43.0 Å². The summed E-state index contributed by atoms with van der Waals surface area (Å²) in [6.07, 6.45) is 1.92. The molecule has 1 aliphatic heterocycles. The second-order valence-corrected chi connectivity index (χ2v) is 7.64. The molecule has 0 atom stereocenters. The first-order valence-corrected chi connectivity index (χ1v) is 10.2. The summed E-state index contributed by atoms with van der Waals surface area (Å²) in [6.45, 7) is 3.62. The van der Waals surface area contributed by atoms with E-state index in [1.807, 2.05) is 4.90 Å². The van der Waals surface area contributed by atoms with Crippen LogP contribution in [0.3, 0.4) is 0 Å². The van der Waals surface area contributed by atoms with E-state index in [4.69, 9.17) is 9.47 Å². The number of amides is 2. The molecule has 1 aliphatic rings. The number of piperidine rings is 1. The lowest BCUT2D eigenvalue weighted by Gasteiger charge is -2.31. The number of hydrazine groups is 1. The van der Waals surface area contributed by atoms with Crippen molar-refractivity contribution in [3.05, 3.63) is 57.6 Å². The highest BCUT2D eigenvalue weighted by Gasteiger charge is 2.25. The summed E-state index contributed by atoms with van der Waals surface area (Å²) in [6, 6.07) is 8.91. The van der Waals surface area contributed by atoms with E-state index in [2.05, 4.69) is 17.8 Å². The van der Waals surface area contributed by atoms with Gasteiger partial charge in [-0.25, -0.2) is 0 Å². The third-order valence-electron chi connectivity index (χ3n) is 5.46. The van der Waals surface area contributed by atoms with Crippen LogP contribution in [0.5, 0.6) is 11.5 Å². The number of carbonyl (C=O) groups is 2. The molecule has 0 radical (unpaired) electrons. The topological polar surface area (TPSA) is 123 Å². The summed E-state index contributed by atoms with van der Waals surface area (Å²) in [5.74, 6) is 0.154. The Balaban J connectivity index is 1.72. The van der Waals surface area contributed by atoms with Crippen molar-refractivity contribution in [3.8, 4) is 11.5 Å². The van der Waals surface area contributed by atoms with Gasteiger partial charge in [0, 0.05) is 36.3 Å². The van der Waals surface area contributed by atoms with Crippen molar-refractivity contribution in [1.82, 2.24) is 10.9 Å². The maximum absolute atomic E-state index is 12.5. The van der Waals surface area contributed by atoms with Crippen LogP contribution in [-0.4, -0.2) is 44.0 Å². The molecule has 0 bridgehead atoms. The Morgan fingerprint density at radius 3 is 2.06 bits per heavy atom. The molecule has 2 N–H and O–H groups in total. The molecule has 170 valence electrons. The van der Waals surface area contributed by atoms with Crippen LogP contribution in [0.2, 0.25) is 0 Å². The molecule has 32 heavy (non-hydrogen) atoms. The number of nitrogens with one attached hydrogen (secondary N) is 2. The minimum absolute atomic E-state index is 0.0642. The Morgan fingerprint density at radius 2 is 1.53 bits per heavy atom. The minimum atomic E-state index is -0.671. The molecule has 2 aromatic rings. The highest BCUT2D eigenvalue weighted by molar-refractivity contribution is 6.00. The quantitative estimate of drug-likeness (QED) is 0.521. The van der Waals surface area contributed by atoms with E-state index in [9.17, 15) is 19.7 Å². The number of methoxy groups -OCH3 is 2. The van der Waals surface area contributed by atoms with Gasteiger partial charge in [-0.2, -0.15) is 0 Å². The van der Waals surface area contributed by atoms with Crippen LogP contribution in [0.1, 0.15) is 40.5 Å². The number of carbonyl (C=O) groups excluding carboxylic acids is 2. The molecule has 10 heteroatoms. The molecule has 0 aliphatic carbocycles. The van der Waals surface area contributed by atoms with E-state index in [-0.39, 0.29) is 16.8 Å². The van der Waals surface area contributed by atoms with Gasteiger partial charge in [0.2, 0.25) is 0 Å². The molecule has 2 aromatic carbocycles. The van der Waals surface area contributed by atoms with Crippen LogP contribution >= 0.6 is 0 Å². The first kappa shape index (κ1) is 22.9. The molecule has 0 saturated carbocycles. The number of hydrogen-bond donors (Lipinski definition) is 2. The van der Waals surface area contributed by atoms with Crippen LogP contribution in [0.25, 0.3) is 0 Å². The van der Waals surface area contributed by atoms with Gasteiger partial charge in [-0.3, -0.25) is 30.6 Å². The summed E-state index contributed by atoms with van der Waals surface area (Å²) < 4.78 is 10.3. The van der Waals surface area contributed by atoms with Gasteiger partial charge in [0.25, 0.3) is 17.5 Å². The number of anilines is 1. The molecule has 10 nitrogen and oxygen atoms in total. The fraction of sp³-hybridized carbons (Fsp3) is 0.364. The zero-order valence-corrected chi connectivity index (χ0v) is 18.2. The third-order valence-corrected chi connectivity index (χ3v) is 5.46. The number of nitrogens with zero attached hydrogens (tertiary/aromatic N) is 2. The van der Waals surface area contributed by atoms with Crippen LogP contribution in [0.4, 0.5) is 11.4 Å². The van der Waals surface area contributed by atoms with Crippen LogP contribution < -0.4 is 25.2 Å². The van der Waals surface area contributed by atoms with Gasteiger partial charge in [-0.1, -0.05) is 6.92 Å². The van der Waals surface area contributed by atoms with Gasteiger partial charge in [0.1, 0.15) is 17.2 Å². The Hall–Kier alpha value is -3.82. The van der Waals surface area contributed by atoms with Crippen molar-refractivity contribution in [2.75, 3.05) is 32.2 Å².